The number of hydrogen-bond acceptors (Lipinski definition) is 2. The number of halogens is 2. The summed E-state index contributed by atoms with van der Waals surface area (Å²) in [5.41, 5.74) is 0.842. The fourth-order valence-corrected chi connectivity index (χ4v) is 4.21. The lowest BCUT2D eigenvalue weighted by molar-refractivity contribution is -0.125. The molecule has 0 heterocycles. The van der Waals surface area contributed by atoms with E-state index in [0.29, 0.717) is 6.42 Å². The van der Waals surface area contributed by atoms with Gasteiger partial charge in [0.1, 0.15) is 5.41 Å². The summed E-state index contributed by atoms with van der Waals surface area (Å²) >= 11 is 6.09. The molecule has 0 N–H and O–H groups in total. The zero-order valence-corrected chi connectivity index (χ0v) is 15.8. The van der Waals surface area contributed by atoms with Gasteiger partial charge in [0.25, 0.3) is 0 Å². The van der Waals surface area contributed by atoms with Crippen molar-refractivity contribution in [2.24, 2.45) is 0 Å². The molecule has 2 aromatic carbocycles. The van der Waals surface area contributed by atoms with Crippen molar-refractivity contribution in [2.75, 3.05) is 0 Å². The molecule has 2 rings (SSSR count). The highest BCUT2D eigenvalue weighted by atomic mass is 79.9. The van der Waals surface area contributed by atoms with E-state index in [-0.39, 0.29) is 9.39 Å². The number of benzene rings is 2. The van der Waals surface area contributed by atoms with Crippen LogP contribution in [0.2, 0.25) is 0 Å². The van der Waals surface area contributed by atoms with Crippen LogP contribution in [0.15, 0.2) is 60.7 Å². The smallest absolute Gasteiger partial charge is 0.216 e. The van der Waals surface area contributed by atoms with E-state index in [1.165, 1.54) is 5.56 Å². The van der Waals surface area contributed by atoms with Crippen LogP contribution in [0.4, 0.5) is 0 Å². The van der Waals surface area contributed by atoms with Gasteiger partial charge >= 0.3 is 0 Å². The maximum atomic E-state index is 12.2. The second kappa shape index (κ2) is 8.55. The molecule has 0 aromatic heterocycles. The highest BCUT2D eigenvalue weighted by Gasteiger charge is 2.44. The van der Waals surface area contributed by atoms with E-state index in [9.17, 15) is 9.59 Å². The van der Waals surface area contributed by atoms with Crippen LogP contribution in [0.25, 0.3) is 0 Å². The first-order chi connectivity index (χ1) is 11.1. The Hall–Kier alpha value is -1.26. The first-order valence-corrected chi connectivity index (χ1v) is 9.15. The number of hydrogen-bond donors (Lipinski definition) is 0. The van der Waals surface area contributed by atoms with Crippen molar-refractivity contribution in [3.63, 3.8) is 0 Å². The first-order valence-electron chi connectivity index (χ1n) is 7.56. The predicted molar refractivity (Wildman–Crippen MR) is 100.0 cm³/mol. The van der Waals surface area contributed by atoms with Gasteiger partial charge in [0.05, 0.1) is 0 Å². The van der Waals surface area contributed by atoms with E-state index in [1.54, 1.807) is 0 Å². The number of carbonyl (C=O) groups is 2. The third-order valence-electron chi connectivity index (χ3n) is 4.05. The minimum absolute atomic E-state index is 0.294. The average Bonchev–Trinajstić information content (AvgIpc) is 2.56. The molecular weight excluding hydrogens is 420 g/mol. The molecular formula is C19H18Br2O2. The zero-order valence-electron chi connectivity index (χ0n) is 12.7. The van der Waals surface area contributed by atoms with Crippen molar-refractivity contribution >= 4 is 41.2 Å². The van der Waals surface area contributed by atoms with Crippen molar-refractivity contribution in [1.82, 2.24) is 0 Å². The van der Waals surface area contributed by atoms with Gasteiger partial charge < -0.3 is 0 Å². The molecule has 0 spiro atoms. The third-order valence-corrected chi connectivity index (χ3v) is 5.40. The van der Waals surface area contributed by atoms with Gasteiger partial charge in [-0.3, -0.25) is 9.59 Å². The van der Waals surface area contributed by atoms with Gasteiger partial charge in [-0.15, -0.1) is 0 Å². The van der Waals surface area contributed by atoms with Crippen molar-refractivity contribution in [3.05, 3.63) is 71.8 Å². The van der Waals surface area contributed by atoms with Crippen LogP contribution in [-0.4, -0.2) is 9.39 Å². The maximum absolute atomic E-state index is 12.2. The summed E-state index contributed by atoms with van der Waals surface area (Å²) < 4.78 is -0.587. The molecule has 0 amide bonds. The van der Waals surface area contributed by atoms with Gasteiger partial charge in [0, 0.05) is 0 Å². The van der Waals surface area contributed by atoms with Crippen LogP contribution in [0, 0.1) is 0 Å². The normalized spacial score (nSPS) is 11.2. The van der Waals surface area contributed by atoms with Crippen LogP contribution < -0.4 is 0 Å². The van der Waals surface area contributed by atoms with Crippen molar-refractivity contribution < 1.29 is 9.59 Å². The van der Waals surface area contributed by atoms with Gasteiger partial charge in [0.2, 0.25) is 9.39 Å². The van der Waals surface area contributed by atoms with Gasteiger partial charge in [-0.25, -0.2) is 0 Å². The van der Waals surface area contributed by atoms with E-state index >= 15 is 0 Å². The van der Waals surface area contributed by atoms with Crippen LogP contribution in [0.1, 0.15) is 30.4 Å². The largest absolute Gasteiger partial charge is 0.285 e. The Kier molecular flexibility index (Phi) is 6.72. The van der Waals surface area contributed by atoms with Gasteiger partial charge in [0.15, 0.2) is 0 Å². The third kappa shape index (κ3) is 4.39. The highest BCUT2D eigenvalue weighted by molar-refractivity contribution is 9.19. The Morgan fingerprint density at radius 3 is 1.83 bits per heavy atom. The topological polar surface area (TPSA) is 34.1 Å². The van der Waals surface area contributed by atoms with Crippen LogP contribution in [0.3, 0.4) is 0 Å². The minimum Gasteiger partial charge on any atom is -0.285 e. The molecule has 0 fully saturated rings. The Morgan fingerprint density at radius 2 is 1.30 bits per heavy atom. The lowest BCUT2D eigenvalue weighted by atomic mass is 9.78. The maximum Gasteiger partial charge on any atom is 0.216 e. The van der Waals surface area contributed by atoms with E-state index in [4.69, 9.17) is 0 Å². The molecule has 4 heteroatoms. The Labute approximate surface area is 153 Å². The van der Waals surface area contributed by atoms with E-state index < -0.39 is 5.41 Å². The summed E-state index contributed by atoms with van der Waals surface area (Å²) in [7, 11) is 0. The zero-order chi connectivity index (χ0) is 16.7. The molecule has 0 aliphatic heterocycles. The van der Waals surface area contributed by atoms with E-state index in [1.807, 2.05) is 48.5 Å². The standard InChI is InChI=1S/C19H18Br2O2/c20-17(22)19(18(21)23,16-12-5-2-6-13-16)14-8-7-11-15-9-3-1-4-10-15/h1-6,9-10,12-13H,7-8,11,14H2. The lowest BCUT2D eigenvalue weighted by Crippen LogP contribution is -2.38. The molecule has 0 atom stereocenters. The fourth-order valence-electron chi connectivity index (χ4n) is 2.73. The Balaban J connectivity index is 2.10. The number of unbranched alkanes of at least 4 members (excludes halogenated alkanes) is 1. The molecule has 2 aromatic rings. The monoisotopic (exact) mass is 436 g/mol. The van der Waals surface area contributed by atoms with Crippen LogP contribution in [-0.2, 0) is 21.4 Å². The quantitative estimate of drug-likeness (QED) is 0.324. The molecule has 2 nitrogen and oxygen atoms in total. The lowest BCUT2D eigenvalue weighted by Gasteiger charge is -2.27. The molecule has 0 saturated heterocycles. The minimum atomic E-state index is -1.15. The van der Waals surface area contributed by atoms with Crippen LogP contribution in [0.5, 0.6) is 0 Å². The summed E-state index contributed by atoms with van der Waals surface area (Å²) in [6.07, 6.45) is 3.15. The van der Waals surface area contributed by atoms with Gasteiger partial charge in [-0.05, 0) is 62.2 Å². The van der Waals surface area contributed by atoms with Crippen molar-refractivity contribution in [2.45, 2.75) is 31.1 Å². The molecule has 0 bridgehead atoms. The highest BCUT2D eigenvalue weighted by Crippen LogP contribution is 2.36. The molecule has 120 valence electrons. The summed E-state index contributed by atoms with van der Waals surface area (Å²) in [6.45, 7) is 0. The summed E-state index contributed by atoms with van der Waals surface area (Å²) in [4.78, 5) is 24.5. The number of aryl methyl sites for hydroxylation is 1. The summed E-state index contributed by atoms with van der Waals surface area (Å²) in [5, 5.41) is 0. The van der Waals surface area contributed by atoms with Crippen LogP contribution >= 0.6 is 31.9 Å². The predicted octanol–water partition coefficient (Wildman–Crippen LogP) is 5.18. The van der Waals surface area contributed by atoms with Crippen molar-refractivity contribution in [3.8, 4) is 0 Å². The molecule has 0 saturated carbocycles. The van der Waals surface area contributed by atoms with Gasteiger partial charge in [-0.2, -0.15) is 0 Å². The average molecular weight is 438 g/mol. The second-order valence-corrected chi connectivity index (χ2v) is 6.95. The Bertz CT molecular complexity index is 640. The summed E-state index contributed by atoms with van der Waals surface area (Å²) in [6, 6.07) is 19.5. The first kappa shape index (κ1) is 18.1. The Morgan fingerprint density at radius 1 is 0.783 bits per heavy atom. The fraction of sp³-hybridized carbons (Fsp3) is 0.263. The molecule has 23 heavy (non-hydrogen) atoms. The molecule has 0 aliphatic rings. The SMILES string of the molecule is O=C(Br)C(CCCCc1ccccc1)(C(=O)Br)c1ccccc1. The number of carbonyl (C=O) groups excluding carboxylic acids is 2. The second-order valence-electron chi connectivity index (χ2n) is 5.51. The molecule has 0 radical (unpaired) electrons. The molecule has 0 aliphatic carbocycles. The molecule has 0 unspecified atom stereocenters. The number of rotatable bonds is 8. The van der Waals surface area contributed by atoms with E-state index in [0.717, 1.165) is 24.8 Å². The summed E-state index contributed by atoms with van der Waals surface area (Å²) in [5.74, 6) is 0. The van der Waals surface area contributed by atoms with Gasteiger partial charge in [-0.1, -0.05) is 67.1 Å². The van der Waals surface area contributed by atoms with E-state index in [2.05, 4.69) is 44.0 Å². The van der Waals surface area contributed by atoms with Crippen molar-refractivity contribution in [1.29, 1.82) is 0 Å².